The summed E-state index contributed by atoms with van der Waals surface area (Å²) in [5.41, 5.74) is 10.4. The molecule has 0 radical (unpaired) electrons. The van der Waals surface area contributed by atoms with Crippen LogP contribution in [0.1, 0.15) is 38.9 Å². The molecule has 0 aliphatic heterocycles. The minimum Gasteiger partial charge on any atom is -0.208 e. The van der Waals surface area contributed by atoms with E-state index in [0.29, 0.717) is 17.5 Å². The van der Waals surface area contributed by atoms with Gasteiger partial charge in [-0.1, -0.05) is 242 Å². The minimum absolute atomic E-state index is 0.623. The lowest BCUT2D eigenvalue weighted by molar-refractivity contribution is 0.745. The fourth-order valence-electron chi connectivity index (χ4n) is 10.2. The first-order chi connectivity index (χ1) is 32.0. The third-order valence-electron chi connectivity index (χ3n) is 12.9. The van der Waals surface area contributed by atoms with E-state index in [1.165, 1.54) is 43.0 Å². The van der Waals surface area contributed by atoms with Gasteiger partial charge in [0.15, 0.2) is 25.5 Å². The van der Waals surface area contributed by atoms with Gasteiger partial charge in [0.1, 0.15) is 0 Å². The highest BCUT2D eigenvalue weighted by atomic mass is 28.3. The zero-order chi connectivity index (χ0) is 44.2. The molecule has 0 bridgehead atoms. The van der Waals surface area contributed by atoms with Crippen molar-refractivity contribution in [2.45, 2.75) is 26.2 Å². The largest absolute Gasteiger partial charge is 0.208 e. The number of aromatic nitrogens is 3. The lowest BCUT2D eigenvalue weighted by Gasteiger charge is -2.37. The summed E-state index contributed by atoms with van der Waals surface area (Å²) >= 11 is 0. The molecular weight excluding hydrogens is 803 g/mol. The van der Waals surface area contributed by atoms with Gasteiger partial charge in [-0.25, -0.2) is 15.0 Å². The second-order valence-corrected chi connectivity index (χ2v) is 20.7. The molecule has 0 aliphatic rings. The summed E-state index contributed by atoms with van der Waals surface area (Å²) in [5, 5.41) is 5.19. The quantitative estimate of drug-likeness (QED) is 0.0961. The van der Waals surface area contributed by atoms with Crippen LogP contribution in [0.2, 0.25) is 0 Å². The molecule has 0 atom stereocenters. The zero-order valence-corrected chi connectivity index (χ0v) is 37.9. The van der Waals surface area contributed by atoms with Crippen molar-refractivity contribution in [1.29, 1.82) is 0 Å². The average Bonchev–Trinajstić information content (AvgIpc) is 3.36. The Morgan fingerprint density at radius 3 is 1.08 bits per heavy atom. The molecule has 9 aromatic carbocycles. The summed E-state index contributed by atoms with van der Waals surface area (Å²) in [6, 6.07) is 87.9. The number of aryl methyl sites for hydroxylation is 3. The number of benzene rings is 9. The predicted octanol–water partition coefficient (Wildman–Crippen LogP) is 11.6. The SMILES string of the molecule is Cc1cc(C)c(-c2nc(-c3cccc(C(c4ccccc4)(c4ccccc4)c4ccccc4)c3)nc(-c3cccc([Si](c4ccccc4)(c4ccccc4)c4ccccc4)c3)n2)c(C)c1. The molecule has 1 aromatic heterocycles. The Bertz CT molecular complexity index is 2810. The fraction of sp³-hybridized carbons (Fsp3) is 0.0656. The standard InChI is InChI=1S/C61H49N3Si/c1-44-40-45(2)57(46(3)41-44)60-63-58(47-24-22-32-52(42-47)61(49-26-10-4-11-27-49,50-28-12-5-13-29-50)51-30-14-6-15-31-51)62-59(64-60)48-25-23-39-56(43-48)65(53-33-16-7-17-34-53,54-35-18-8-19-36-54)55-37-20-9-21-38-55/h4-43H,1-3H3. The van der Waals surface area contributed by atoms with Gasteiger partial charge in [0, 0.05) is 16.7 Å². The van der Waals surface area contributed by atoms with Crippen LogP contribution in [0, 0.1) is 20.8 Å². The molecule has 0 saturated carbocycles. The van der Waals surface area contributed by atoms with E-state index in [0.717, 1.165) is 33.4 Å². The topological polar surface area (TPSA) is 38.7 Å². The lowest BCUT2D eigenvalue weighted by Crippen LogP contribution is -2.74. The molecule has 10 rings (SSSR count). The third kappa shape index (κ3) is 7.52. The normalized spacial score (nSPS) is 11.6. The van der Waals surface area contributed by atoms with Crippen LogP contribution in [0.5, 0.6) is 0 Å². The molecular formula is C61H49N3Si. The highest BCUT2D eigenvalue weighted by Gasteiger charge is 2.42. The van der Waals surface area contributed by atoms with Gasteiger partial charge < -0.3 is 0 Å². The molecule has 0 saturated heterocycles. The number of hydrogen-bond donors (Lipinski definition) is 0. The summed E-state index contributed by atoms with van der Waals surface area (Å²) in [4.78, 5) is 16.2. The van der Waals surface area contributed by atoms with Crippen molar-refractivity contribution in [3.63, 3.8) is 0 Å². The van der Waals surface area contributed by atoms with Gasteiger partial charge in [0.05, 0.1) is 5.41 Å². The van der Waals surface area contributed by atoms with Gasteiger partial charge in [-0.3, -0.25) is 0 Å². The molecule has 3 nitrogen and oxygen atoms in total. The molecule has 0 aliphatic carbocycles. The summed E-state index contributed by atoms with van der Waals surface area (Å²) in [7, 11) is -2.84. The highest BCUT2D eigenvalue weighted by molar-refractivity contribution is 7.19. The second-order valence-electron chi connectivity index (χ2n) is 16.9. The van der Waals surface area contributed by atoms with Gasteiger partial charge in [-0.15, -0.1) is 0 Å². The van der Waals surface area contributed by atoms with Crippen LogP contribution in [0.15, 0.2) is 243 Å². The van der Waals surface area contributed by atoms with Crippen molar-refractivity contribution >= 4 is 28.8 Å². The molecule has 65 heavy (non-hydrogen) atoms. The zero-order valence-electron chi connectivity index (χ0n) is 36.9. The van der Waals surface area contributed by atoms with E-state index in [1.54, 1.807) is 0 Å². The van der Waals surface area contributed by atoms with Crippen LogP contribution in [-0.2, 0) is 5.41 Å². The summed E-state index contributed by atoms with van der Waals surface area (Å²) in [5.74, 6) is 1.92. The van der Waals surface area contributed by atoms with Crippen molar-refractivity contribution in [2.75, 3.05) is 0 Å². The number of hydrogen-bond acceptors (Lipinski definition) is 3. The molecule has 0 N–H and O–H groups in total. The molecule has 0 amide bonds. The van der Waals surface area contributed by atoms with Crippen molar-refractivity contribution < 1.29 is 0 Å². The molecule has 10 aromatic rings. The van der Waals surface area contributed by atoms with E-state index < -0.39 is 13.5 Å². The maximum atomic E-state index is 5.45. The molecule has 0 unspecified atom stereocenters. The number of rotatable bonds is 11. The van der Waals surface area contributed by atoms with Crippen LogP contribution < -0.4 is 20.7 Å². The first-order valence-electron chi connectivity index (χ1n) is 22.4. The Kier molecular flexibility index (Phi) is 11.3. The van der Waals surface area contributed by atoms with Crippen molar-refractivity contribution in [2.24, 2.45) is 0 Å². The molecule has 4 heteroatoms. The first-order valence-corrected chi connectivity index (χ1v) is 24.4. The Morgan fingerprint density at radius 1 is 0.308 bits per heavy atom. The first kappa shape index (κ1) is 41.2. The second kappa shape index (κ2) is 17.8. The molecule has 312 valence electrons. The Labute approximate surface area is 383 Å². The Hall–Kier alpha value is -7.79. The van der Waals surface area contributed by atoms with E-state index in [4.69, 9.17) is 15.0 Å². The highest BCUT2D eigenvalue weighted by Crippen LogP contribution is 2.46. The van der Waals surface area contributed by atoms with E-state index in [-0.39, 0.29) is 0 Å². The predicted molar refractivity (Wildman–Crippen MR) is 272 cm³/mol. The van der Waals surface area contributed by atoms with Crippen LogP contribution in [-0.4, -0.2) is 23.0 Å². The third-order valence-corrected chi connectivity index (χ3v) is 17.7. The summed E-state index contributed by atoms with van der Waals surface area (Å²) in [6.45, 7) is 6.46. The smallest absolute Gasteiger partial charge is 0.179 e. The van der Waals surface area contributed by atoms with Crippen molar-refractivity contribution in [1.82, 2.24) is 15.0 Å². The van der Waals surface area contributed by atoms with E-state index in [1.807, 2.05) is 0 Å². The van der Waals surface area contributed by atoms with E-state index >= 15 is 0 Å². The van der Waals surface area contributed by atoms with E-state index in [9.17, 15) is 0 Å². The van der Waals surface area contributed by atoms with Crippen LogP contribution in [0.3, 0.4) is 0 Å². The van der Waals surface area contributed by atoms with Crippen molar-refractivity contribution in [3.8, 4) is 34.2 Å². The molecule has 0 spiro atoms. The Morgan fingerprint density at radius 2 is 0.646 bits per heavy atom. The maximum Gasteiger partial charge on any atom is 0.179 e. The number of nitrogens with zero attached hydrogens (tertiary/aromatic N) is 3. The monoisotopic (exact) mass is 851 g/mol. The van der Waals surface area contributed by atoms with Gasteiger partial charge in [0.2, 0.25) is 0 Å². The lowest BCUT2D eigenvalue weighted by atomic mass is 9.65. The van der Waals surface area contributed by atoms with Crippen LogP contribution >= 0.6 is 0 Å². The minimum atomic E-state index is -2.84. The molecule has 0 fully saturated rings. The summed E-state index contributed by atoms with van der Waals surface area (Å²) < 4.78 is 0. The van der Waals surface area contributed by atoms with Gasteiger partial charge in [-0.05, 0) is 81.0 Å². The van der Waals surface area contributed by atoms with Crippen LogP contribution in [0.4, 0.5) is 0 Å². The maximum absolute atomic E-state index is 5.45. The van der Waals surface area contributed by atoms with Gasteiger partial charge in [-0.2, -0.15) is 0 Å². The fourth-order valence-corrected chi connectivity index (χ4v) is 15.0. The van der Waals surface area contributed by atoms with Gasteiger partial charge >= 0.3 is 0 Å². The Balaban J connectivity index is 1.22. The van der Waals surface area contributed by atoms with Crippen molar-refractivity contribution in [3.05, 3.63) is 282 Å². The summed E-state index contributed by atoms with van der Waals surface area (Å²) in [6.07, 6.45) is 0. The molecule has 1 heterocycles. The van der Waals surface area contributed by atoms with Gasteiger partial charge in [0.25, 0.3) is 0 Å². The van der Waals surface area contributed by atoms with Crippen LogP contribution in [0.25, 0.3) is 34.2 Å². The average molecular weight is 852 g/mol. The van der Waals surface area contributed by atoms with E-state index in [2.05, 4.69) is 263 Å².